The predicted octanol–water partition coefficient (Wildman–Crippen LogP) is 3.50. The van der Waals surface area contributed by atoms with Crippen LogP contribution < -0.4 is 10.1 Å². The molecule has 0 bridgehead atoms. The van der Waals surface area contributed by atoms with Crippen LogP contribution in [0.1, 0.15) is 50.3 Å². The molecule has 1 unspecified atom stereocenters. The summed E-state index contributed by atoms with van der Waals surface area (Å²) in [4.78, 5) is 7.28. The molecule has 0 radical (unpaired) electrons. The Morgan fingerprint density at radius 1 is 1.27 bits per heavy atom. The van der Waals surface area contributed by atoms with Crippen LogP contribution in [0.25, 0.3) is 11.1 Å². The molecule has 2 fully saturated rings. The largest absolute Gasteiger partial charge is 0.496 e. The van der Waals surface area contributed by atoms with Crippen LogP contribution >= 0.6 is 0 Å². The van der Waals surface area contributed by atoms with Crippen LogP contribution in [0.3, 0.4) is 0 Å². The van der Waals surface area contributed by atoms with E-state index in [1.807, 2.05) is 12.3 Å². The number of hydrogen-bond acceptors (Lipinski definition) is 7. The highest BCUT2D eigenvalue weighted by Gasteiger charge is 2.48. The van der Waals surface area contributed by atoms with Crippen molar-refractivity contribution in [3.05, 3.63) is 35.7 Å². The topological polar surface area (TPSA) is 65.1 Å². The lowest BCUT2D eigenvalue weighted by molar-refractivity contribution is -0.207. The third kappa shape index (κ3) is 5.33. The van der Waals surface area contributed by atoms with Crippen LogP contribution in [0.2, 0.25) is 0 Å². The summed E-state index contributed by atoms with van der Waals surface area (Å²) >= 11 is 0. The summed E-state index contributed by atoms with van der Waals surface area (Å²) in [6, 6.07) is 2.45. The fourth-order valence-electron chi connectivity index (χ4n) is 4.96. The number of rotatable bonds is 12. The second kappa shape index (κ2) is 11.1. The van der Waals surface area contributed by atoms with Gasteiger partial charge in [0.15, 0.2) is 0 Å². The summed E-state index contributed by atoms with van der Waals surface area (Å²) in [7, 11) is 5.29. The molecule has 1 saturated carbocycles. The van der Waals surface area contributed by atoms with Gasteiger partial charge in [-0.25, -0.2) is 0 Å². The van der Waals surface area contributed by atoms with Crippen LogP contribution in [0.4, 0.5) is 0 Å². The Morgan fingerprint density at radius 3 is 2.79 bits per heavy atom. The van der Waals surface area contributed by atoms with Crippen LogP contribution in [-0.2, 0) is 14.2 Å². The normalized spacial score (nSPS) is 23.5. The molecule has 1 aromatic rings. The van der Waals surface area contributed by atoms with E-state index in [1.54, 1.807) is 21.3 Å². The first-order chi connectivity index (χ1) is 16.1. The Hall–Kier alpha value is -1.77. The third-order valence-corrected chi connectivity index (χ3v) is 7.06. The Kier molecular flexibility index (Phi) is 8.20. The highest BCUT2D eigenvalue weighted by atomic mass is 16.6. The number of unbranched alkanes of at least 4 members (excludes halogenated alkanes) is 2. The highest BCUT2D eigenvalue weighted by Crippen LogP contribution is 2.43. The maximum absolute atomic E-state index is 6.18. The van der Waals surface area contributed by atoms with E-state index in [-0.39, 0.29) is 6.10 Å². The van der Waals surface area contributed by atoms with Crippen molar-refractivity contribution < 1.29 is 18.9 Å². The van der Waals surface area contributed by atoms with Gasteiger partial charge in [0.05, 0.1) is 19.4 Å². The van der Waals surface area contributed by atoms with Gasteiger partial charge in [-0.1, -0.05) is 6.08 Å². The number of fused-ring (bicyclic) bond motifs is 1. The number of nitrogens with one attached hydrogen (secondary N) is 1. The zero-order chi connectivity index (χ0) is 23.3. The van der Waals surface area contributed by atoms with E-state index in [4.69, 9.17) is 23.9 Å². The maximum atomic E-state index is 6.18. The number of pyridine rings is 1. The van der Waals surface area contributed by atoms with E-state index in [1.165, 1.54) is 24.0 Å². The Labute approximate surface area is 198 Å². The number of nitrogens with zero attached hydrogens (tertiary/aromatic N) is 2. The van der Waals surface area contributed by atoms with Gasteiger partial charge in [-0.15, -0.1) is 0 Å². The average Bonchev–Trinajstić information content (AvgIpc) is 3.64. The third-order valence-electron chi connectivity index (χ3n) is 7.06. The molecule has 7 nitrogen and oxygen atoms in total. The fraction of sp³-hybridized carbons (Fsp3) is 0.654. The average molecular weight is 458 g/mol. The zero-order valence-electron chi connectivity index (χ0n) is 20.6. The standard InChI is InChI=1S/C26H39N3O4/c1-26(32-4,23-17-27-13-15-33-23)29(21-9-10-21)18-20-16-19(8-6-5-7-14-30-2)24-22(31-3)11-12-28-25(20)24/h8,11-12,16,21,23,27H,5-7,9-10,13-15,17-18H2,1-4H3/b19-8-/t23-,26?/m1/s1. The van der Waals surface area contributed by atoms with Gasteiger partial charge < -0.3 is 24.3 Å². The number of allylic oxidation sites excluding steroid dienone is 3. The predicted molar refractivity (Wildman–Crippen MR) is 130 cm³/mol. The van der Waals surface area contributed by atoms with Gasteiger partial charge in [-0.05, 0) is 62.3 Å². The lowest BCUT2D eigenvalue weighted by Gasteiger charge is -2.46. The number of hydrogen-bond donors (Lipinski definition) is 1. The van der Waals surface area contributed by atoms with Gasteiger partial charge in [0.2, 0.25) is 0 Å². The first-order valence-corrected chi connectivity index (χ1v) is 12.2. The molecule has 0 amide bonds. The Balaban J connectivity index is 1.61. The van der Waals surface area contributed by atoms with Crippen molar-refractivity contribution in [2.24, 2.45) is 0 Å². The summed E-state index contributed by atoms with van der Waals surface area (Å²) in [6.45, 7) is 6.13. The Morgan fingerprint density at radius 2 is 2.12 bits per heavy atom. The molecular weight excluding hydrogens is 418 g/mol. The monoisotopic (exact) mass is 457 g/mol. The second-order valence-electron chi connectivity index (χ2n) is 9.24. The van der Waals surface area contributed by atoms with E-state index in [0.29, 0.717) is 12.6 Å². The first kappa shape index (κ1) is 24.4. The lowest BCUT2D eigenvalue weighted by atomic mass is 10.0. The number of ether oxygens (including phenoxy) is 4. The van der Waals surface area contributed by atoms with Crippen LogP contribution in [-0.4, -0.2) is 81.9 Å². The zero-order valence-corrected chi connectivity index (χ0v) is 20.6. The van der Waals surface area contributed by atoms with Crippen molar-refractivity contribution in [2.75, 3.05) is 54.2 Å². The summed E-state index contributed by atoms with van der Waals surface area (Å²) in [5, 5.41) is 3.46. The fourth-order valence-corrected chi connectivity index (χ4v) is 4.96. The minimum atomic E-state index is -0.513. The molecule has 1 aromatic heterocycles. The van der Waals surface area contributed by atoms with Crippen molar-refractivity contribution in [2.45, 2.75) is 56.9 Å². The van der Waals surface area contributed by atoms with Crippen molar-refractivity contribution in [1.82, 2.24) is 15.2 Å². The molecule has 2 atom stereocenters. The quantitative estimate of drug-likeness (QED) is 0.381. The summed E-state index contributed by atoms with van der Waals surface area (Å²) < 4.78 is 23.3. The maximum Gasteiger partial charge on any atom is 0.146 e. The van der Waals surface area contributed by atoms with Gasteiger partial charge in [0.1, 0.15) is 17.6 Å². The van der Waals surface area contributed by atoms with Crippen molar-refractivity contribution in [3.63, 3.8) is 0 Å². The second-order valence-corrected chi connectivity index (χ2v) is 9.24. The number of aromatic nitrogens is 1. The van der Waals surface area contributed by atoms with E-state index in [2.05, 4.69) is 29.3 Å². The molecule has 1 saturated heterocycles. The van der Waals surface area contributed by atoms with Gasteiger partial charge in [-0.3, -0.25) is 9.88 Å². The summed E-state index contributed by atoms with van der Waals surface area (Å²) in [6.07, 6.45) is 12.0. The van der Waals surface area contributed by atoms with E-state index < -0.39 is 5.72 Å². The minimum Gasteiger partial charge on any atom is -0.496 e. The van der Waals surface area contributed by atoms with Crippen molar-refractivity contribution in [3.8, 4) is 5.75 Å². The van der Waals surface area contributed by atoms with Crippen LogP contribution in [0.15, 0.2) is 24.4 Å². The highest BCUT2D eigenvalue weighted by molar-refractivity contribution is 5.96. The van der Waals surface area contributed by atoms with E-state index >= 15 is 0 Å². The smallest absolute Gasteiger partial charge is 0.146 e. The van der Waals surface area contributed by atoms with Crippen LogP contribution in [0.5, 0.6) is 5.75 Å². The molecule has 1 aliphatic heterocycles. The first-order valence-electron chi connectivity index (χ1n) is 12.2. The summed E-state index contributed by atoms with van der Waals surface area (Å²) in [5.41, 5.74) is 4.02. The summed E-state index contributed by atoms with van der Waals surface area (Å²) in [5.74, 6) is 0.877. The van der Waals surface area contributed by atoms with Gasteiger partial charge >= 0.3 is 0 Å². The van der Waals surface area contributed by atoms with Crippen molar-refractivity contribution in [1.29, 1.82) is 0 Å². The molecule has 182 valence electrons. The van der Waals surface area contributed by atoms with Gasteiger partial charge in [0, 0.05) is 58.3 Å². The minimum absolute atomic E-state index is 0.0209. The molecule has 0 aromatic carbocycles. The van der Waals surface area contributed by atoms with Gasteiger partial charge in [-0.2, -0.15) is 0 Å². The molecule has 2 aliphatic carbocycles. The molecule has 4 rings (SSSR count). The lowest BCUT2D eigenvalue weighted by Crippen LogP contribution is -2.62. The molecule has 2 heterocycles. The SMILES string of the molecule is COCCCC/C=C1/C=C(CN(C2CC2)C(C)(OC)[C@H]2CNCCO2)c2nccc(OC)c21. The molecule has 33 heavy (non-hydrogen) atoms. The molecule has 0 spiro atoms. The molecular formula is C26H39N3O4. The van der Waals surface area contributed by atoms with Crippen molar-refractivity contribution >= 4 is 11.1 Å². The Bertz CT molecular complexity index is 861. The van der Waals surface area contributed by atoms with E-state index in [9.17, 15) is 0 Å². The van der Waals surface area contributed by atoms with E-state index in [0.717, 1.165) is 62.5 Å². The molecule has 7 heteroatoms. The number of morpholine rings is 1. The molecule has 1 N–H and O–H groups in total. The van der Waals surface area contributed by atoms with Crippen LogP contribution in [0, 0.1) is 0 Å². The number of methoxy groups -OCH3 is 3. The van der Waals surface area contributed by atoms with Gasteiger partial charge in [0.25, 0.3) is 0 Å². The molecule has 3 aliphatic rings.